The van der Waals surface area contributed by atoms with Crippen LogP contribution in [0, 0.1) is 6.92 Å². The van der Waals surface area contributed by atoms with Gasteiger partial charge in [-0.05, 0) is 19.1 Å². The first kappa shape index (κ1) is 10.5. The zero-order chi connectivity index (χ0) is 10.6. The van der Waals surface area contributed by atoms with Crippen molar-refractivity contribution >= 4 is 11.7 Å². The Morgan fingerprint density at radius 1 is 1.43 bits per heavy atom. The van der Waals surface area contributed by atoms with Crippen LogP contribution in [0.25, 0.3) is 0 Å². The molecule has 0 heterocycles. The van der Waals surface area contributed by atoms with E-state index in [0.29, 0.717) is 0 Å². The summed E-state index contributed by atoms with van der Waals surface area (Å²) in [5.74, 6) is 5.30. The average Bonchev–Trinajstić information content (AvgIpc) is 2.18. The maximum atomic E-state index is 10.9. The van der Waals surface area contributed by atoms with Gasteiger partial charge in [0, 0.05) is 0 Å². The minimum Gasteiger partial charge on any atom is -0.468 e. The molecule has 0 amide bonds. The number of ether oxygens (including phenoxy) is 1. The molecule has 0 radical (unpaired) electrons. The number of hydrazine groups is 1. The molecular weight excluding hydrogens is 180 g/mol. The van der Waals surface area contributed by atoms with Crippen molar-refractivity contribution in [2.45, 2.75) is 6.92 Å². The molecular formula is C10H14N2O2. The van der Waals surface area contributed by atoms with E-state index < -0.39 is 0 Å². The second kappa shape index (κ2) is 4.62. The summed E-state index contributed by atoms with van der Waals surface area (Å²) in [7, 11) is 1.34. The van der Waals surface area contributed by atoms with Crippen LogP contribution in [0.3, 0.4) is 0 Å². The number of aryl methyl sites for hydroxylation is 1. The molecule has 0 aliphatic rings. The highest BCUT2D eigenvalue weighted by atomic mass is 16.5. The Hall–Kier alpha value is -1.55. The van der Waals surface area contributed by atoms with Crippen LogP contribution in [0.15, 0.2) is 24.3 Å². The number of esters is 1. The Labute approximate surface area is 83.2 Å². The van der Waals surface area contributed by atoms with Gasteiger partial charge in [0.2, 0.25) is 0 Å². The van der Waals surface area contributed by atoms with E-state index in [2.05, 4.69) is 4.74 Å². The molecule has 0 unspecified atom stereocenters. The van der Waals surface area contributed by atoms with Crippen LogP contribution in [0.1, 0.15) is 5.56 Å². The molecule has 0 saturated carbocycles. The molecule has 4 nitrogen and oxygen atoms in total. The molecule has 1 aromatic carbocycles. The van der Waals surface area contributed by atoms with Gasteiger partial charge in [0.1, 0.15) is 6.54 Å². The van der Waals surface area contributed by atoms with Crippen molar-refractivity contribution in [3.8, 4) is 0 Å². The van der Waals surface area contributed by atoms with Crippen molar-refractivity contribution in [2.75, 3.05) is 18.7 Å². The van der Waals surface area contributed by atoms with E-state index in [1.165, 1.54) is 12.1 Å². The van der Waals surface area contributed by atoms with Crippen molar-refractivity contribution in [2.24, 2.45) is 5.84 Å². The van der Waals surface area contributed by atoms with Crippen molar-refractivity contribution in [3.63, 3.8) is 0 Å². The highest BCUT2D eigenvalue weighted by molar-refractivity contribution is 5.75. The predicted octanol–water partition coefficient (Wildman–Crippen LogP) is 0.848. The van der Waals surface area contributed by atoms with E-state index in [1.54, 1.807) is 0 Å². The SMILES string of the molecule is COC(=O)CN(N)c1ccc(C)cc1. The number of carbonyl (C=O) groups excluding carboxylic acids is 1. The summed E-state index contributed by atoms with van der Waals surface area (Å²) < 4.78 is 4.51. The van der Waals surface area contributed by atoms with E-state index in [0.717, 1.165) is 11.3 Å². The number of rotatable bonds is 3. The monoisotopic (exact) mass is 194 g/mol. The summed E-state index contributed by atoms with van der Waals surface area (Å²) in [5, 5.41) is 1.35. The van der Waals surface area contributed by atoms with Gasteiger partial charge in [0.05, 0.1) is 12.8 Å². The summed E-state index contributed by atoms with van der Waals surface area (Å²) in [6.45, 7) is 2.05. The van der Waals surface area contributed by atoms with Gasteiger partial charge in [-0.25, -0.2) is 5.84 Å². The Morgan fingerprint density at radius 2 is 2.00 bits per heavy atom. The second-order valence-corrected chi connectivity index (χ2v) is 3.04. The predicted molar refractivity (Wildman–Crippen MR) is 54.7 cm³/mol. The highest BCUT2D eigenvalue weighted by Crippen LogP contribution is 2.11. The largest absolute Gasteiger partial charge is 0.468 e. The fourth-order valence-corrected chi connectivity index (χ4v) is 1.03. The molecule has 0 aliphatic carbocycles. The lowest BCUT2D eigenvalue weighted by Gasteiger charge is -2.16. The van der Waals surface area contributed by atoms with E-state index in [4.69, 9.17) is 5.84 Å². The Kier molecular flexibility index (Phi) is 3.48. The number of anilines is 1. The van der Waals surface area contributed by atoms with Crippen LogP contribution < -0.4 is 10.9 Å². The first-order chi connectivity index (χ1) is 6.63. The molecule has 0 spiro atoms. The van der Waals surface area contributed by atoms with Crippen LogP contribution in [-0.2, 0) is 9.53 Å². The van der Waals surface area contributed by atoms with E-state index in [9.17, 15) is 4.79 Å². The molecule has 0 aliphatic heterocycles. The molecule has 0 atom stereocenters. The molecule has 4 heteroatoms. The maximum Gasteiger partial charge on any atom is 0.326 e. The first-order valence-electron chi connectivity index (χ1n) is 4.29. The quantitative estimate of drug-likeness (QED) is 0.440. The summed E-state index contributed by atoms with van der Waals surface area (Å²) >= 11 is 0. The summed E-state index contributed by atoms with van der Waals surface area (Å²) in [6.07, 6.45) is 0. The standard InChI is InChI=1S/C10H14N2O2/c1-8-3-5-9(6-4-8)12(11)7-10(13)14-2/h3-6H,7,11H2,1-2H3. The molecule has 1 aromatic rings. The Balaban J connectivity index is 2.65. The van der Waals surface area contributed by atoms with Crippen LogP contribution in [0.4, 0.5) is 5.69 Å². The number of hydrogen-bond donors (Lipinski definition) is 1. The molecule has 76 valence electrons. The topological polar surface area (TPSA) is 55.6 Å². The van der Waals surface area contributed by atoms with Gasteiger partial charge in [-0.15, -0.1) is 0 Å². The summed E-state index contributed by atoms with van der Waals surface area (Å²) in [6, 6.07) is 7.59. The van der Waals surface area contributed by atoms with Crippen LogP contribution >= 0.6 is 0 Å². The third-order valence-corrected chi connectivity index (χ3v) is 1.89. The fourth-order valence-electron chi connectivity index (χ4n) is 1.03. The number of methoxy groups -OCH3 is 1. The van der Waals surface area contributed by atoms with E-state index in [1.807, 2.05) is 31.2 Å². The van der Waals surface area contributed by atoms with Gasteiger partial charge in [0.15, 0.2) is 0 Å². The Bertz CT molecular complexity index is 308. The lowest BCUT2D eigenvalue weighted by molar-refractivity contribution is -0.138. The van der Waals surface area contributed by atoms with E-state index in [-0.39, 0.29) is 12.5 Å². The van der Waals surface area contributed by atoms with Crippen LogP contribution in [0.2, 0.25) is 0 Å². The number of nitrogens with two attached hydrogens (primary N) is 1. The number of benzene rings is 1. The van der Waals surface area contributed by atoms with Gasteiger partial charge in [-0.3, -0.25) is 9.80 Å². The number of hydrogen-bond acceptors (Lipinski definition) is 4. The normalized spacial score (nSPS) is 9.64. The zero-order valence-electron chi connectivity index (χ0n) is 8.36. The first-order valence-corrected chi connectivity index (χ1v) is 4.29. The molecule has 2 N–H and O–H groups in total. The molecule has 0 aromatic heterocycles. The van der Waals surface area contributed by atoms with Gasteiger partial charge in [0.25, 0.3) is 0 Å². The molecule has 14 heavy (non-hydrogen) atoms. The molecule has 0 fully saturated rings. The minimum atomic E-state index is -0.354. The lowest BCUT2D eigenvalue weighted by atomic mass is 10.2. The van der Waals surface area contributed by atoms with Crippen molar-refractivity contribution in [3.05, 3.63) is 29.8 Å². The lowest BCUT2D eigenvalue weighted by Crippen LogP contribution is -2.36. The Morgan fingerprint density at radius 3 is 2.50 bits per heavy atom. The maximum absolute atomic E-state index is 10.9. The van der Waals surface area contributed by atoms with E-state index >= 15 is 0 Å². The number of nitrogens with zero attached hydrogens (tertiary/aromatic N) is 1. The summed E-state index contributed by atoms with van der Waals surface area (Å²) in [4.78, 5) is 10.9. The van der Waals surface area contributed by atoms with Gasteiger partial charge < -0.3 is 4.74 Å². The van der Waals surface area contributed by atoms with Crippen molar-refractivity contribution in [1.82, 2.24) is 0 Å². The van der Waals surface area contributed by atoms with Crippen LogP contribution in [-0.4, -0.2) is 19.6 Å². The molecule has 0 saturated heterocycles. The third kappa shape index (κ3) is 2.74. The van der Waals surface area contributed by atoms with Gasteiger partial charge >= 0.3 is 5.97 Å². The average molecular weight is 194 g/mol. The number of carbonyl (C=O) groups is 1. The fraction of sp³-hybridized carbons (Fsp3) is 0.300. The second-order valence-electron chi connectivity index (χ2n) is 3.04. The molecule has 1 rings (SSSR count). The van der Waals surface area contributed by atoms with Crippen molar-refractivity contribution < 1.29 is 9.53 Å². The summed E-state index contributed by atoms with van der Waals surface area (Å²) in [5.41, 5.74) is 1.95. The van der Waals surface area contributed by atoms with Crippen LogP contribution in [0.5, 0.6) is 0 Å². The van der Waals surface area contributed by atoms with Crippen molar-refractivity contribution in [1.29, 1.82) is 0 Å². The third-order valence-electron chi connectivity index (χ3n) is 1.89. The highest BCUT2D eigenvalue weighted by Gasteiger charge is 2.06. The van der Waals surface area contributed by atoms with Gasteiger partial charge in [-0.2, -0.15) is 0 Å². The molecule has 0 bridgehead atoms. The van der Waals surface area contributed by atoms with Gasteiger partial charge in [-0.1, -0.05) is 17.7 Å². The zero-order valence-corrected chi connectivity index (χ0v) is 8.36. The minimum absolute atomic E-state index is 0.0551. The smallest absolute Gasteiger partial charge is 0.326 e.